The second kappa shape index (κ2) is 13.9. The number of benzene rings is 1. The number of aliphatic hydroxyl groups excluding tert-OH is 2. The molecule has 4 N–H and O–H groups in total. The number of carboxylic acid groups (broad SMARTS) is 1. The van der Waals surface area contributed by atoms with Crippen LogP contribution in [0.1, 0.15) is 76.0 Å². The summed E-state index contributed by atoms with van der Waals surface area (Å²) in [6, 6.07) is 5.76. The summed E-state index contributed by atoms with van der Waals surface area (Å²) in [5, 5.41) is 36.4. The Bertz CT molecular complexity index is 953. The first-order valence-electron chi connectivity index (χ1n) is 11.2. The maximum Gasteiger partial charge on any atom is 1.00 e. The zero-order valence-electron chi connectivity index (χ0n) is 21.6. The van der Waals surface area contributed by atoms with Gasteiger partial charge in [-0.25, -0.2) is 9.07 Å². The standard InChI is InChI=1S/C24H34FN3O5.Na.H/c1-14(2)13-26-24(33)23-22(15(3)4)20(10-9-18(29)11-19(30)12-21(31)32)28(27-23)17-7-5-16(25)6-8-17;;/h5-8,14-15,18-19,29-30H,9-13H2,1-4H3,(H,26,33)(H,31,32);;/q;+1;-1/t18-,19-;;/m1../s1. The zero-order chi connectivity index (χ0) is 24.7. The second-order valence-electron chi connectivity index (χ2n) is 9.04. The number of aliphatic carboxylic acids is 1. The van der Waals surface area contributed by atoms with Gasteiger partial charge in [0.15, 0.2) is 5.69 Å². The van der Waals surface area contributed by atoms with Crippen LogP contribution in [-0.2, 0) is 11.2 Å². The number of carbonyl (C=O) groups is 2. The van der Waals surface area contributed by atoms with Gasteiger partial charge in [-0.2, -0.15) is 5.10 Å². The van der Waals surface area contributed by atoms with E-state index in [1.807, 2.05) is 27.7 Å². The molecule has 8 nitrogen and oxygen atoms in total. The Morgan fingerprint density at radius 1 is 1.12 bits per heavy atom. The summed E-state index contributed by atoms with van der Waals surface area (Å²) >= 11 is 0. The van der Waals surface area contributed by atoms with Crippen LogP contribution in [0.25, 0.3) is 5.69 Å². The Morgan fingerprint density at radius 2 is 1.74 bits per heavy atom. The number of nitrogens with zero attached hydrogens (tertiary/aromatic N) is 2. The minimum Gasteiger partial charge on any atom is -1.00 e. The molecule has 2 rings (SSSR count). The van der Waals surface area contributed by atoms with E-state index in [9.17, 15) is 24.2 Å². The van der Waals surface area contributed by atoms with Crippen LogP contribution < -0.4 is 34.9 Å². The summed E-state index contributed by atoms with van der Waals surface area (Å²) in [6.45, 7) is 8.37. The van der Waals surface area contributed by atoms with E-state index in [0.717, 1.165) is 5.56 Å². The number of halogens is 1. The molecule has 0 aliphatic heterocycles. The molecule has 1 aromatic carbocycles. The van der Waals surface area contributed by atoms with Crippen LogP contribution >= 0.6 is 0 Å². The summed E-state index contributed by atoms with van der Waals surface area (Å²) in [4.78, 5) is 23.7. The van der Waals surface area contributed by atoms with Gasteiger partial charge in [0, 0.05) is 17.8 Å². The SMILES string of the molecule is CC(C)CNC(=O)c1nn(-c2ccc(F)cc2)c(CC[C@@H](O)C[C@@H](O)CC(=O)O)c1C(C)C.[H-].[Na+]. The maximum atomic E-state index is 13.5. The van der Waals surface area contributed by atoms with E-state index in [2.05, 4.69) is 10.4 Å². The van der Waals surface area contributed by atoms with Gasteiger partial charge in [-0.3, -0.25) is 9.59 Å². The molecule has 184 valence electrons. The number of hydrogen-bond donors (Lipinski definition) is 4. The summed E-state index contributed by atoms with van der Waals surface area (Å²) < 4.78 is 15.1. The third-order valence-electron chi connectivity index (χ3n) is 5.22. The van der Waals surface area contributed by atoms with Crippen LogP contribution in [0.2, 0.25) is 0 Å². The van der Waals surface area contributed by atoms with Gasteiger partial charge in [-0.05, 0) is 55.4 Å². The molecule has 1 amide bonds. The average molecular weight is 488 g/mol. The summed E-state index contributed by atoms with van der Waals surface area (Å²) in [5.41, 5.74) is 2.30. The van der Waals surface area contributed by atoms with Crippen LogP contribution in [0, 0.1) is 11.7 Å². The van der Waals surface area contributed by atoms with Gasteiger partial charge in [0.05, 0.1) is 24.3 Å². The Morgan fingerprint density at radius 3 is 2.26 bits per heavy atom. The Hall–Kier alpha value is -1.78. The van der Waals surface area contributed by atoms with E-state index >= 15 is 0 Å². The normalized spacial score (nSPS) is 13.0. The van der Waals surface area contributed by atoms with Crippen molar-refractivity contribution < 1.29 is 60.3 Å². The van der Waals surface area contributed by atoms with Crippen molar-refractivity contribution in [2.45, 2.75) is 71.5 Å². The first-order valence-corrected chi connectivity index (χ1v) is 11.2. The van der Waals surface area contributed by atoms with Gasteiger partial charge >= 0.3 is 35.5 Å². The molecule has 0 bridgehead atoms. The number of nitrogens with one attached hydrogen (secondary N) is 1. The van der Waals surface area contributed by atoms with Gasteiger partial charge in [0.25, 0.3) is 5.91 Å². The molecule has 0 radical (unpaired) electrons. The molecule has 2 atom stereocenters. The number of aromatic nitrogens is 2. The number of hydrogen-bond acceptors (Lipinski definition) is 5. The van der Waals surface area contributed by atoms with Crippen molar-refractivity contribution in [2.75, 3.05) is 6.54 Å². The van der Waals surface area contributed by atoms with E-state index in [1.54, 1.807) is 16.8 Å². The molecule has 1 aromatic heterocycles. The van der Waals surface area contributed by atoms with E-state index in [4.69, 9.17) is 5.11 Å². The average Bonchev–Trinajstić information content (AvgIpc) is 3.10. The van der Waals surface area contributed by atoms with Gasteiger partial charge < -0.3 is 22.1 Å². The summed E-state index contributed by atoms with van der Waals surface area (Å²) in [7, 11) is 0. The fourth-order valence-electron chi connectivity index (χ4n) is 3.68. The van der Waals surface area contributed by atoms with Crippen LogP contribution in [-0.4, -0.2) is 55.7 Å². The van der Waals surface area contributed by atoms with E-state index in [0.29, 0.717) is 24.3 Å². The van der Waals surface area contributed by atoms with Crippen molar-refractivity contribution in [3.05, 3.63) is 47.0 Å². The molecular weight excluding hydrogens is 452 g/mol. The van der Waals surface area contributed by atoms with Crippen molar-refractivity contribution in [1.29, 1.82) is 0 Å². The number of rotatable bonds is 12. The first kappa shape index (κ1) is 30.3. The maximum absolute atomic E-state index is 13.5. The van der Waals surface area contributed by atoms with Crippen molar-refractivity contribution >= 4 is 11.9 Å². The minimum absolute atomic E-state index is 0. The predicted molar refractivity (Wildman–Crippen MR) is 123 cm³/mol. The van der Waals surface area contributed by atoms with Crippen molar-refractivity contribution in [2.24, 2.45) is 5.92 Å². The van der Waals surface area contributed by atoms with Crippen LogP contribution in [0.3, 0.4) is 0 Å². The number of carbonyl (C=O) groups excluding carboxylic acids is 1. The Labute approximate surface area is 223 Å². The number of amides is 1. The van der Waals surface area contributed by atoms with Crippen LogP contribution in [0.15, 0.2) is 24.3 Å². The topological polar surface area (TPSA) is 125 Å². The van der Waals surface area contributed by atoms with Crippen LogP contribution in [0.4, 0.5) is 4.39 Å². The quantitative estimate of drug-likeness (QED) is 0.316. The minimum atomic E-state index is -1.15. The van der Waals surface area contributed by atoms with Crippen molar-refractivity contribution in [1.82, 2.24) is 15.1 Å². The van der Waals surface area contributed by atoms with Crippen LogP contribution in [0.5, 0.6) is 0 Å². The monoisotopic (exact) mass is 487 g/mol. The van der Waals surface area contributed by atoms with Crippen molar-refractivity contribution in [3.63, 3.8) is 0 Å². The fraction of sp³-hybridized carbons (Fsp3) is 0.542. The fourth-order valence-corrected chi connectivity index (χ4v) is 3.68. The van der Waals surface area contributed by atoms with Gasteiger partial charge in [0.2, 0.25) is 0 Å². The molecule has 0 saturated heterocycles. The van der Waals surface area contributed by atoms with E-state index < -0.39 is 30.4 Å². The molecule has 34 heavy (non-hydrogen) atoms. The predicted octanol–water partition coefficient (Wildman–Crippen LogP) is 0.156. The Kier molecular flexibility index (Phi) is 12.4. The molecule has 2 aromatic rings. The molecular formula is C24H35FN3NaO5. The molecule has 0 fully saturated rings. The molecule has 0 unspecified atom stereocenters. The molecule has 0 spiro atoms. The van der Waals surface area contributed by atoms with Gasteiger partial charge in [-0.1, -0.05) is 27.7 Å². The smallest absolute Gasteiger partial charge is 1.00 e. The molecule has 0 saturated carbocycles. The number of carboxylic acids is 1. The molecule has 10 heteroatoms. The third-order valence-corrected chi connectivity index (χ3v) is 5.22. The summed E-state index contributed by atoms with van der Waals surface area (Å²) in [6.07, 6.45) is -2.04. The van der Waals surface area contributed by atoms with Gasteiger partial charge in [-0.15, -0.1) is 0 Å². The van der Waals surface area contributed by atoms with E-state index in [1.165, 1.54) is 12.1 Å². The molecule has 0 aliphatic rings. The third kappa shape index (κ3) is 8.78. The molecule has 0 aliphatic carbocycles. The molecule has 1 heterocycles. The van der Waals surface area contributed by atoms with E-state index in [-0.39, 0.29) is 67.3 Å². The Balaban J connectivity index is 0.00000578. The van der Waals surface area contributed by atoms with Crippen molar-refractivity contribution in [3.8, 4) is 5.69 Å². The summed E-state index contributed by atoms with van der Waals surface area (Å²) in [5.74, 6) is -1.62. The number of aliphatic hydroxyl groups is 2. The zero-order valence-corrected chi connectivity index (χ0v) is 22.6. The van der Waals surface area contributed by atoms with Gasteiger partial charge in [0.1, 0.15) is 5.82 Å². The second-order valence-corrected chi connectivity index (χ2v) is 9.04. The largest absolute Gasteiger partial charge is 1.00 e. The first-order chi connectivity index (χ1) is 15.5.